The molecule has 0 aromatic heterocycles. The Hall–Kier alpha value is -3.72. The molecule has 0 bridgehead atoms. The topological polar surface area (TPSA) is 97.0 Å². The SMILES string of the molecule is CN(C)c1ccc(CCCNC(=O)c2ccc(NS(=O)(=O)c3ccc4c(c3)OCCO4)cc2)cc1. The Labute approximate surface area is 205 Å². The summed E-state index contributed by atoms with van der Waals surface area (Å²) in [5, 5.41) is 2.91. The first-order valence-electron chi connectivity index (χ1n) is 11.4. The summed E-state index contributed by atoms with van der Waals surface area (Å²) in [6, 6.07) is 19.2. The Morgan fingerprint density at radius 3 is 2.29 bits per heavy atom. The number of nitrogens with one attached hydrogen (secondary N) is 2. The van der Waals surface area contributed by atoms with Gasteiger partial charge in [-0.15, -0.1) is 0 Å². The van der Waals surface area contributed by atoms with E-state index in [1.807, 2.05) is 14.1 Å². The van der Waals surface area contributed by atoms with E-state index in [-0.39, 0.29) is 10.8 Å². The lowest BCUT2D eigenvalue weighted by Gasteiger charge is -2.19. The van der Waals surface area contributed by atoms with Crippen LogP contribution in [0.15, 0.2) is 71.6 Å². The molecular formula is C26H29N3O5S. The van der Waals surface area contributed by atoms with Crippen LogP contribution < -0.4 is 24.4 Å². The van der Waals surface area contributed by atoms with Crippen molar-refractivity contribution in [3.8, 4) is 11.5 Å². The van der Waals surface area contributed by atoms with E-state index in [1.165, 1.54) is 17.7 Å². The van der Waals surface area contributed by atoms with E-state index < -0.39 is 10.0 Å². The highest BCUT2D eigenvalue weighted by molar-refractivity contribution is 7.92. The van der Waals surface area contributed by atoms with Crippen molar-refractivity contribution in [2.24, 2.45) is 0 Å². The smallest absolute Gasteiger partial charge is 0.262 e. The summed E-state index contributed by atoms with van der Waals surface area (Å²) in [4.78, 5) is 14.6. The van der Waals surface area contributed by atoms with Crippen LogP contribution in [0.3, 0.4) is 0 Å². The Bertz CT molecular complexity index is 1270. The maximum atomic E-state index is 12.8. The molecule has 2 N–H and O–H groups in total. The van der Waals surface area contributed by atoms with E-state index in [1.54, 1.807) is 30.3 Å². The van der Waals surface area contributed by atoms with Crippen molar-refractivity contribution in [2.75, 3.05) is 43.5 Å². The maximum Gasteiger partial charge on any atom is 0.262 e. The first kappa shape index (κ1) is 24.4. The van der Waals surface area contributed by atoms with Gasteiger partial charge in [-0.2, -0.15) is 0 Å². The highest BCUT2D eigenvalue weighted by atomic mass is 32.2. The van der Waals surface area contributed by atoms with E-state index in [2.05, 4.69) is 39.2 Å². The van der Waals surface area contributed by atoms with Crippen molar-refractivity contribution in [1.29, 1.82) is 0 Å². The number of benzene rings is 3. The van der Waals surface area contributed by atoms with Crippen LogP contribution in [-0.2, 0) is 16.4 Å². The third-order valence-electron chi connectivity index (χ3n) is 5.60. The number of carbonyl (C=O) groups is 1. The van der Waals surface area contributed by atoms with E-state index in [0.717, 1.165) is 18.5 Å². The molecule has 1 aliphatic rings. The zero-order valence-corrected chi connectivity index (χ0v) is 20.6. The van der Waals surface area contributed by atoms with Crippen LogP contribution in [0.5, 0.6) is 11.5 Å². The quantitative estimate of drug-likeness (QED) is 0.440. The molecule has 0 spiro atoms. The fraction of sp³-hybridized carbons (Fsp3) is 0.269. The second kappa shape index (κ2) is 10.7. The van der Waals surface area contributed by atoms with Gasteiger partial charge in [0.25, 0.3) is 15.9 Å². The molecule has 0 unspecified atom stereocenters. The van der Waals surface area contributed by atoms with Gasteiger partial charge in [-0.05, 0) is 66.9 Å². The Morgan fingerprint density at radius 2 is 1.60 bits per heavy atom. The minimum atomic E-state index is -3.82. The summed E-state index contributed by atoms with van der Waals surface area (Å²) in [5.74, 6) is 0.721. The van der Waals surface area contributed by atoms with Crippen LogP contribution >= 0.6 is 0 Å². The Balaban J connectivity index is 1.28. The molecule has 0 atom stereocenters. The molecule has 1 heterocycles. The van der Waals surface area contributed by atoms with Crippen LogP contribution in [0.4, 0.5) is 11.4 Å². The van der Waals surface area contributed by atoms with Gasteiger partial charge in [0.2, 0.25) is 0 Å². The largest absolute Gasteiger partial charge is 0.486 e. The molecule has 3 aromatic carbocycles. The van der Waals surface area contributed by atoms with Gasteiger partial charge < -0.3 is 19.7 Å². The molecule has 1 amide bonds. The van der Waals surface area contributed by atoms with Gasteiger partial charge in [-0.25, -0.2) is 8.42 Å². The second-order valence-corrected chi connectivity index (χ2v) is 10.1. The van der Waals surface area contributed by atoms with Gasteiger partial charge in [0.15, 0.2) is 11.5 Å². The standard InChI is InChI=1S/C26H29N3O5S/c1-29(2)22-11-5-19(6-12-22)4-3-15-27-26(30)20-7-9-21(10-8-20)28-35(31,32)23-13-14-24-25(18-23)34-17-16-33-24/h5-14,18,28H,3-4,15-17H2,1-2H3,(H,27,30). The van der Waals surface area contributed by atoms with Crippen molar-refractivity contribution >= 4 is 27.3 Å². The van der Waals surface area contributed by atoms with E-state index in [4.69, 9.17) is 9.47 Å². The molecule has 3 aromatic rings. The molecule has 35 heavy (non-hydrogen) atoms. The third-order valence-corrected chi connectivity index (χ3v) is 6.98. The van der Waals surface area contributed by atoms with Crippen LogP contribution in [0.25, 0.3) is 0 Å². The molecule has 0 radical (unpaired) electrons. The van der Waals surface area contributed by atoms with E-state index >= 15 is 0 Å². The number of nitrogens with zero attached hydrogens (tertiary/aromatic N) is 1. The van der Waals surface area contributed by atoms with Gasteiger partial charge >= 0.3 is 0 Å². The summed E-state index contributed by atoms with van der Waals surface area (Å²) < 4.78 is 39.0. The second-order valence-electron chi connectivity index (χ2n) is 8.41. The highest BCUT2D eigenvalue weighted by Crippen LogP contribution is 2.32. The normalized spacial score (nSPS) is 12.6. The summed E-state index contributed by atoms with van der Waals surface area (Å²) >= 11 is 0. The predicted octanol–water partition coefficient (Wildman–Crippen LogP) is 3.69. The van der Waals surface area contributed by atoms with Crippen molar-refractivity contribution < 1.29 is 22.7 Å². The molecule has 1 aliphatic heterocycles. The number of aryl methyl sites for hydroxylation is 1. The van der Waals surface area contributed by atoms with Crippen molar-refractivity contribution in [3.05, 3.63) is 77.9 Å². The molecular weight excluding hydrogens is 466 g/mol. The van der Waals surface area contributed by atoms with E-state index in [9.17, 15) is 13.2 Å². The maximum absolute atomic E-state index is 12.8. The summed E-state index contributed by atoms with van der Waals surface area (Å²) in [7, 11) is 0.192. The lowest BCUT2D eigenvalue weighted by atomic mass is 10.1. The van der Waals surface area contributed by atoms with Gasteiger partial charge in [0.05, 0.1) is 4.90 Å². The number of rotatable bonds is 9. The van der Waals surface area contributed by atoms with E-state index in [0.29, 0.717) is 42.5 Å². The number of carbonyl (C=O) groups excluding carboxylic acids is 1. The number of amides is 1. The third kappa shape index (κ3) is 6.24. The Morgan fingerprint density at radius 1 is 0.914 bits per heavy atom. The number of fused-ring (bicyclic) bond motifs is 1. The average molecular weight is 496 g/mol. The van der Waals surface area contributed by atoms with Crippen LogP contribution in [0, 0.1) is 0 Å². The van der Waals surface area contributed by atoms with Gasteiger partial charge in [-0.3, -0.25) is 9.52 Å². The Kier molecular flexibility index (Phi) is 7.45. The lowest BCUT2D eigenvalue weighted by molar-refractivity contribution is 0.0953. The number of anilines is 2. The summed E-state index contributed by atoms with van der Waals surface area (Å²) in [6.45, 7) is 1.35. The van der Waals surface area contributed by atoms with Crippen molar-refractivity contribution in [1.82, 2.24) is 5.32 Å². The fourth-order valence-corrected chi connectivity index (χ4v) is 4.73. The first-order chi connectivity index (χ1) is 16.8. The lowest BCUT2D eigenvalue weighted by Crippen LogP contribution is -2.24. The van der Waals surface area contributed by atoms with Gasteiger partial charge in [0.1, 0.15) is 13.2 Å². The molecule has 0 fully saturated rings. The molecule has 0 aliphatic carbocycles. The first-order valence-corrected chi connectivity index (χ1v) is 12.9. The minimum absolute atomic E-state index is 0.0694. The number of ether oxygens (including phenoxy) is 2. The van der Waals surface area contributed by atoms with Gasteiger partial charge in [-0.1, -0.05) is 12.1 Å². The van der Waals surface area contributed by atoms with Crippen molar-refractivity contribution in [2.45, 2.75) is 17.7 Å². The van der Waals surface area contributed by atoms with Crippen molar-refractivity contribution in [3.63, 3.8) is 0 Å². The number of hydrogen-bond donors (Lipinski definition) is 2. The minimum Gasteiger partial charge on any atom is -0.486 e. The van der Waals surface area contributed by atoms with Crippen LogP contribution in [0.1, 0.15) is 22.3 Å². The van der Waals surface area contributed by atoms with Gasteiger partial charge in [0, 0.05) is 43.6 Å². The molecule has 184 valence electrons. The molecule has 0 saturated heterocycles. The number of hydrogen-bond acceptors (Lipinski definition) is 6. The van der Waals surface area contributed by atoms with Crippen LogP contribution in [-0.4, -0.2) is 48.2 Å². The zero-order chi connectivity index (χ0) is 24.8. The number of sulfonamides is 1. The zero-order valence-electron chi connectivity index (χ0n) is 19.8. The molecule has 0 saturated carbocycles. The fourth-order valence-electron chi connectivity index (χ4n) is 3.65. The summed E-state index contributed by atoms with van der Waals surface area (Å²) in [5.41, 5.74) is 3.19. The monoisotopic (exact) mass is 495 g/mol. The summed E-state index contributed by atoms with van der Waals surface area (Å²) in [6.07, 6.45) is 1.69. The molecule has 4 rings (SSSR count). The van der Waals surface area contributed by atoms with Crippen LogP contribution in [0.2, 0.25) is 0 Å². The highest BCUT2D eigenvalue weighted by Gasteiger charge is 2.19. The molecule has 8 nitrogen and oxygen atoms in total. The predicted molar refractivity (Wildman–Crippen MR) is 136 cm³/mol. The average Bonchev–Trinajstić information content (AvgIpc) is 2.86. The molecule has 9 heteroatoms.